The average molecular weight is 373 g/mol. The van der Waals surface area contributed by atoms with Crippen LogP contribution in [0.25, 0.3) is 0 Å². The highest BCUT2D eigenvalue weighted by molar-refractivity contribution is 5.69. The van der Waals surface area contributed by atoms with Gasteiger partial charge in [0, 0.05) is 31.9 Å². The van der Waals surface area contributed by atoms with Crippen LogP contribution in [0.15, 0.2) is 6.07 Å². The van der Waals surface area contributed by atoms with E-state index in [1.54, 1.807) is 0 Å². The molecule has 4 nitrogen and oxygen atoms in total. The highest BCUT2D eigenvalue weighted by Gasteiger charge is 2.28. The summed E-state index contributed by atoms with van der Waals surface area (Å²) in [6, 6.07) is 2.43. The maximum Gasteiger partial charge on any atom is 0.410 e. The van der Waals surface area contributed by atoms with Crippen molar-refractivity contribution >= 4 is 11.8 Å². The highest BCUT2D eigenvalue weighted by atomic mass is 16.6. The van der Waals surface area contributed by atoms with Gasteiger partial charge in [-0.15, -0.1) is 0 Å². The van der Waals surface area contributed by atoms with E-state index < -0.39 is 5.60 Å². The molecule has 0 radical (unpaired) electrons. The van der Waals surface area contributed by atoms with Crippen molar-refractivity contribution in [2.45, 2.75) is 72.8 Å². The van der Waals surface area contributed by atoms with Gasteiger partial charge in [-0.05, 0) is 81.5 Å². The fraction of sp³-hybridized carbons (Fsp3) is 0.696. The van der Waals surface area contributed by atoms with E-state index in [4.69, 9.17) is 4.74 Å². The van der Waals surface area contributed by atoms with Gasteiger partial charge in [0.15, 0.2) is 0 Å². The molecule has 0 aromatic heterocycles. The molecular weight excluding hydrogens is 336 g/mol. The van der Waals surface area contributed by atoms with Crippen molar-refractivity contribution in [2.75, 3.05) is 31.1 Å². The molecule has 0 bridgehead atoms. The van der Waals surface area contributed by atoms with Gasteiger partial charge in [0.05, 0.1) is 0 Å². The fourth-order valence-corrected chi connectivity index (χ4v) is 4.51. The molecule has 0 spiro atoms. The number of anilines is 1. The van der Waals surface area contributed by atoms with E-state index in [1.807, 2.05) is 25.7 Å². The van der Waals surface area contributed by atoms with E-state index in [9.17, 15) is 4.79 Å². The number of amides is 1. The summed E-state index contributed by atoms with van der Waals surface area (Å²) < 4.78 is 5.60. The van der Waals surface area contributed by atoms with E-state index >= 15 is 0 Å². The molecule has 0 saturated carbocycles. The third kappa shape index (κ3) is 4.59. The van der Waals surface area contributed by atoms with Gasteiger partial charge in [0.25, 0.3) is 0 Å². The van der Waals surface area contributed by atoms with Crippen LogP contribution in [-0.4, -0.2) is 42.8 Å². The Morgan fingerprint density at radius 1 is 1.11 bits per heavy atom. The maximum atomic E-state index is 12.5. The molecular formula is C23H36N2O2. The molecule has 1 aromatic carbocycles. The SMILES string of the molecule is Cc1c2c(cc3c1N(CC(C)C)CCC3)CCN(C(=O)OC(C)(C)C)CC2. The number of hydrogen-bond acceptors (Lipinski definition) is 3. The lowest BCUT2D eigenvalue weighted by Crippen LogP contribution is -2.38. The molecule has 3 rings (SSSR count). The van der Waals surface area contributed by atoms with Crippen molar-refractivity contribution in [1.29, 1.82) is 0 Å². The molecule has 2 aliphatic rings. The summed E-state index contributed by atoms with van der Waals surface area (Å²) >= 11 is 0. The average Bonchev–Trinajstić information content (AvgIpc) is 2.76. The first-order valence-electron chi connectivity index (χ1n) is 10.5. The second-order valence-electron chi connectivity index (χ2n) is 9.56. The molecule has 0 fully saturated rings. The predicted molar refractivity (Wildman–Crippen MR) is 112 cm³/mol. The monoisotopic (exact) mass is 372 g/mol. The van der Waals surface area contributed by atoms with Crippen LogP contribution in [0.1, 0.15) is 63.3 Å². The summed E-state index contributed by atoms with van der Waals surface area (Å²) in [4.78, 5) is 17.0. The number of carbonyl (C=O) groups excluding carboxylic acids is 1. The molecule has 4 heteroatoms. The molecule has 2 heterocycles. The van der Waals surface area contributed by atoms with E-state index in [2.05, 4.69) is 31.7 Å². The Labute approximate surface area is 164 Å². The topological polar surface area (TPSA) is 32.8 Å². The number of carbonyl (C=O) groups is 1. The van der Waals surface area contributed by atoms with Crippen LogP contribution in [-0.2, 0) is 24.0 Å². The van der Waals surface area contributed by atoms with Crippen molar-refractivity contribution in [3.8, 4) is 0 Å². The Kier molecular flexibility index (Phi) is 5.73. The van der Waals surface area contributed by atoms with E-state index in [1.165, 1.54) is 40.8 Å². The Morgan fingerprint density at radius 2 is 1.81 bits per heavy atom. The van der Waals surface area contributed by atoms with Crippen LogP contribution in [0.2, 0.25) is 0 Å². The second kappa shape index (κ2) is 7.73. The van der Waals surface area contributed by atoms with Crippen LogP contribution < -0.4 is 4.90 Å². The fourth-order valence-electron chi connectivity index (χ4n) is 4.51. The summed E-state index contributed by atoms with van der Waals surface area (Å²) in [5.41, 5.74) is 6.86. The van der Waals surface area contributed by atoms with Crippen LogP contribution in [0, 0.1) is 12.8 Å². The van der Waals surface area contributed by atoms with Gasteiger partial charge in [-0.25, -0.2) is 4.79 Å². The zero-order valence-corrected chi connectivity index (χ0v) is 18.0. The molecule has 0 atom stereocenters. The van der Waals surface area contributed by atoms with E-state index in [-0.39, 0.29) is 6.09 Å². The summed E-state index contributed by atoms with van der Waals surface area (Å²) in [7, 11) is 0. The lowest BCUT2D eigenvalue weighted by Gasteiger charge is -2.35. The minimum atomic E-state index is -0.442. The normalized spacial score (nSPS) is 17.4. The number of nitrogens with zero attached hydrogens (tertiary/aromatic N) is 2. The van der Waals surface area contributed by atoms with Crippen molar-refractivity contribution in [3.63, 3.8) is 0 Å². The highest BCUT2D eigenvalue weighted by Crippen LogP contribution is 2.36. The van der Waals surface area contributed by atoms with Crippen molar-refractivity contribution < 1.29 is 9.53 Å². The first kappa shape index (κ1) is 20.0. The number of rotatable bonds is 2. The van der Waals surface area contributed by atoms with Gasteiger partial charge < -0.3 is 14.5 Å². The quantitative estimate of drug-likeness (QED) is 0.752. The summed E-state index contributed by atoms with van der Waals surface area (Å²) in [5.74, 6) is 0.664. The Balaban J connectivity index is 1.85. The summed E-state index contributed by atoms with van der Waals surface area (Å²) in [6.07, 6.45) is 4.07. The largest absolute Gasteiger partial charge is 0.444 e. The molecule has 0 saturated heterocycles. The molecule has 27 heavy (non-hydrogen) atoms. The third-order valence-electron chi connectivity index (χ3n) is 5.56. The van der Waals surface area contributed by atoms with Gasteiger partial charge in [-0.2, -0.15) is 0 Å². The van der Waals surface area contributed by atoms with Crippen LogP contribution in [0.4, 0.5) is 10.5 Å². The minimum absolute atomic E-state index is 0.181. The standard InChI is InChI=1S/C23H36N2O2/c1-16(2)15-25-11-7-8-19-14-18-9-12-24(22(26)27-23(4,5)6)13-10-20(18)17(3)21(19)25/h14,16H,7-13,15H2,1-6H3. The van der Waals surface area contributed by atoms with Crippen molar-refractivity contribution in [2.24, 2.45) is 5.92 Å². The van der Waals surface area contributed by atoms with Crippen LogP contribution in [0.5, 0.6) is 0 Å². The number of hydrogen-bond donors (Lipinski definition) is 0. The van der Waals surface area contributed by atoms with Gasteiger partial charge in [-0.1, -0.05) is 19.9 Å². The second-order valence-corrected chi connectivity index (χ2v) is 9.56. The molecule has 1 amide bonds. The van der Waals surface area contributed by atoms with Crippen molar-refractivity contribution in [3.05, 3.63) is 28.3 Å². The molecule has 0 unspecified atom stereocenters. The zero-order valence-electron chi connectivity index (χ0n) is 18.0. The zero-order chi connectivity index (χ0) is 19.8. The van der Waals surface area contributed by atoms with Crippen LogP contribution >= 0.6 is 0 Å². The number of ether oxygens (including phenoxy) is 1. The van der Waals surface area contributed by atoms with Gasteiger partial charge in [0.1, 0.15) is 5.60 Å². The first-order chi connectivity index (χ1) is 12.7. The Bertz CT molecular complexity index is 703. The van der Waals surface area contributed by atoms with Gasteiger partial charge in [-0.3, -0.25) is 0 Å². The smallest absolute Gasteiger partial charge is 0.410 e. The first-order valence-corrected chi connectivity index (χ1v) is 10.5. The van der Waals surface area contributed by atoms with Crippen molar-refractivity contribution in [1.82, 2.24) is 4.90 Å². The van der Waals surface area contributed by atoms with Gasteiger partial charge >= 0.3 is 6.09 Å². The molecule has 2 aliphatic heterocycles. The lowest BCUT2D eigenvalue weighted by atomic mass is 9.88. The van der Waals surface area contributed by atoms with Crippen LogP contribution in [0.3, 0.4) is 0 Å². The molecule has 0 aliphatic carbocycles. The predicted octanol–water partition coefficient (Wildman–Crippen LogP) is 4.74. The van der Waals surface area contributed by atoms with E-state index in [0.29, 0.717) is 5.92 Å². The molecule has 150 valence electrons. The molecule has 1 aromatic rings. The van der Waals surface area contributed by atoms with Gasteiger partial charge in [0.2, 0.25) is 0 Å². The summed E-state index contributed by atoms with van der Waals surface area (Å²) in [6.45, 7) is 16.4. The lowest BCUT2D eigenvalue weighted by molar-refractivity contribution is 0.0258. The third-order valence-corrected chi connectivity index (χ3v) is 5.56. The Morgan fingerprint density at radius 3 is 2.48 bits per heavy atom. The number of benzene rings is 1. The maximum absolute atomic E-state index is 12.5. The minimum Gasteiger partial charge on any atom is -0.444 e. The summed E-state index contributed by atoms with van der Waals surface area (Å²) in [5, 5.41) is 0. The number of fused-ring (bicyclic) bond motifs is 2. The Hall–Kier alpha value is -1.71. The van der Waals surface area contributed by atoms with E-state index in [0.717, 1.165) is 39.0 Å². The molecule has 0 N–H and O–H groups in total. The number of aryl methyl sites for hydroxylation is 1.